The average Bonchev–Trinajstić information content (AvgIpc) is 2.17. The molecular formula is C7H10N2O. The molecular weight excluding hydrogens is 128 g/mol. The van der Waals surface area contributed by atoms with Crippen molar-refractivity contribution in [3.05, 3.63) is 24.1 Å². The minimum atomic E-state index is 0.655. The molecule has 1 rings (SSSR count). The van der Waals surface area contributed by atoms with Crippen LogP contribution in [0.3, 0.4) is 0 Å². The van der Waals surface area contributed by atoms with Crippen molar-refractivity contribution in [1.29, 1.82) is 0 Å². The van der Waals surface area contributed by atoms with Gasteiger partial charge >= 0.3 is 0 Å². The molecule has 0 bridgehead atoms. The summed E-state index contributed by atoms with van der Waals surface area (Å²) in [4.78, 5) is 0. The van der Waals surface area contributed by atoms with Gasteiger partial charge in [0.05, 0.1) is 6.61 Å². The Morgan fingerprint density at radius 3 is 3.30 bits per heavy atom. The first-order valence-corrected chi connectivity index (χ1v) is 3.22. The van der Waals surface area contributed by atoms with Crippen LogP contribution in [0.5, 0.6) is 0 Å². The maximum Gasteiger partial charge on any atom is 0.207 e. The average molecular weight is 138 g/mol. The molecule has 1 heterocycles. The molecule has 0 saturated carbocycles. The third kappa shape index (κ3) is 1.93. The Labute approximate surface area is 60.1 Å². The van der Waals surface area contributed by atoms with Crippen molar-refractivity contribution < 1.29 is 4.74 Å². The van der Waals surface area contributed by atoms with Gasteiger partial charge in [0, 0.05) is 6.21 Å². The smallest absolute Gasteiger partial charge is 0.207 e. The van der Waals surface area contributed by atoms with Gasteiger partial charge in [-0.15, -0.1) is 0 Å². The van der Waals surface area contributed by atoms with Gasteiger partial charge in [0.25, 0.3) is 0 Å². The number of ether oxygens (including phenoxy) is 1. The zero-order valence-corrected chi connectivity index (χ0v) is 5.87. The number of nitrogens with one attached hydrogen (secondary N) is 1. The number of allylic oxidation sites excluding steroid dienone is 3. The van der Waals surface area contributed by atoms with Crippen LogP contribution in [-0.4, -0.2) is 12.8 Å². The molecule has 0 saturated heterocycles. The van der Waals surface area contributed by atoms with Crippen molar-refractivity contribution in [2.24, 2.45) is 5.10 Å². The second-order valence-electron chi connectivity index (χ2n) is 1.74. The third-order valence-electron chi connectivity index (χ3n) is 0.994. The third-order valence-corrected chi connectivity index (χ3v) is 0.994. The van der Waals surface area contributed by atoms with Crippen molar-refractivity contribution in [2.75, 3.05) is 6.61 Å². The largest absolute Gasteiger partial charge is 0.478 e. The molecule has 0 spiro atoms. The van der Waals surface area contributed by atoms with E-state index in [9.17, 15) is 0 Å². The van der Waals surface area contributed by atoms with E-state index in [0.29, 0.717) is 12.5 Å². The van der Waals surface area contributed by atoms with Gasteiger partial charge in [-0.2, -0.15) is 5.10 Å². The number of hydrogen-bond acceptors (Lipinski definition) is 3. The van der Waals surface area contributed by atoms with Crippen LogP contribution in [0.2, 0.25) is 0 Å². The molecule has 0 radical (unpaired) electrons. The number of nitrogens with zero attached hydrogens (tertiary/aromatic N) is 1. The molecule has 54 valence electrons. The van der Waals surface area contributed by atoms with Crippen LogP contribution >= 0.6 is 0 Å². The molecule has 0 fully saturated rings. The summed E-state index contributed by atoms with van der Waals surface area (Å²) < 4.78 is 5.15. The van der Waals surface area contributed by atoms with E-state index < -0.39 is 0 Å². The lowest BCUT2D eigenvalue weighted by molar-refractivity contribution is 0.207. The van der Waals surface area contributed by atoms with Crippen molar-refractivity contribution >= 4 is 6.21 Å². The number of hydrogen-bond donors (Lipinski definition) is 1. The van der Waals surface area contributed by atoms with Gasteiger partial charge in [-0.1, -0.05) is 6.08 Å². The summed E-state index contributed by atoms with van der Waals surface area (Å²) >= 11 is 0. The van der Waals surface area contributed by atoms with Crippen LogP contribution in [0.4, 0.5) is 0 Å². The molecule has 0 aromatic rings. The van der Waals surface area contributed by atoms with Gasteiger partial charge < -0.3 is 4.74 Å². The molecule has 0 aliphatic carbocycles. The van der Waals surface area contributed by atoms with E-state index in [1.807, 2.05) is 25.2 Å². The van der Waals surface area contributed by atoms with E-state index >= 15 is 0 Å². The van der Waals surface area contributed by atoms with Gasteiger partial charge in [-0.05, 0) is 19.1 Å². The van der Waals surface area contributed by atoms with Gasteiger partial charge in [0.2, 0.25) is 5.88 Å². The lowest BCUT2D eigenvalue weighted by atomic mass is 10.5. The molecule has 0 aromatic carbocycles. The Morgan fingerprint density at radius 2 is 2.50 bits per heavy atom. The van der Waals surface area contributed by atoms with Gasteiger partial charge in [-0.3, -0.25) is 0 Å². The lowest BCUT2D eigenvalue weighted by Gasteiger charge is -2.04. The minimum Gasteiger partial charge on any atom is -0.478 e. The Hall–Kier alpha value is -1.25. The molecule has 1 aliphatic heterocycles. The standard InChI is InChI=1S/C7H10N2O/c1-2-10-7-5-3-4-6-8-9-7/h3-6,9H,2H2,1H3. The summed E-state index contributed by atoms with van der Waals surface area (Å²) in [6.45, 7) is 2.59. The molecule has 1 N–H and O–H groups in total. The van der Waals surface area contributed by atoms with Crippen molar-refractivity contribution in [1.82, 2.24) is 5.43 Å². The Morgan fingerprint density at radius 1 is 1.60 bits per heavy atom. The highest BCUT2D eigenvalue weighted by Crippen LogP contribution is 1.94. The fraction of sp³-hybridized carbons (Fsp3) is 0.286. The lowest BCUT2D eigenvalue weighted by Crippen LogP contribution is -2.07. The molecule has 0 amide bonds. The maximum atomic E-state index is 5.15. The zero-order valence-electron chi connectivity index (χ0n) is 5.87. The van der Waals surface area contributed by atoms with E-state index in [2.05, 4.69) is 10.5 Å². The van der Waals surface area contributed by atoms with Crippen LogP contribution in [0, 0.1) is 0 Å². The topological polar surface area (TPSA) is 33.6 Å². The Bertz CT molecular complexity index is 182. The van der Waals surface area contributed by atoms with E-state index in [4.69, 9.17) is 4.74 Å². The van der Waals surface area contributed by atoms with Crippen LogP contribution in [0.25, 0.3) is 0 Å². The van der Waals surface area contributed by atoms with Gasteiger partial charge in [0.1, 0.15) is 0 Å². The monoisotopic (exact) mass is 138 g/mol. The van der Waals surface area contributed by atoms with Gasteiger partial charge in [0.15, 0.2) is 0 Å². The summed E-state index contributed by atoms with van der Waals surface area (Å²) in [5.41, 5.74) is 2.73. The Kier molecular flexibility index (Phi) is 2.55. The molecule has 10 heavy (non-hydrogen) atoms. The van der Waals surface area contributed by atoms with Gasteiger partial charge in [-0.25, -0.2) is 5.43 Å². The summed E-state index contributed by atoms with van der Waals surface area (Å²) in [6.07, 6.45) is 7.20. The second kappa shape index (κ2) is 3.71. The van der Waals surface area contributed by atoms with E-state index in [1.165, 1.54) is 0 Å². The fourth-order valence-corrected chi connectivity index (χ4v) is 0.610. The van der Waals surface area contributed by atoms with Crippen molar-refractivity contribution in [2.45, 2.75) is 6.92 Å². The van der Waals surface area contributed by atoms with E-state index in [-0.39, 0.29) is 0 Å². The first-order chi connectivity index (χ1) is 4.93. The predicted molar refractivity (Wildman–Crippen MR) is 40.5 cm³/mol. The SMILES string of the molecule is CCOC1=CC=CC=NN1. The highest BCUT2D eigenvalue weighted by atomic mass is 16.5. The zero-order chi connectivity index (χ0) is 7.23. The molecule has 3 heteroatoms. The number of rotatable bonds is 2. The van der Waals surface area contributed by atoms with E-state index in [1.54, 1.807) is 6.21 Å². The summed E-state index contributed by atoms with van der Waals surface area (Å²) in [5.74, 6) is 0.688. The minimum absolute atomic E-state index is 0.655. The quantitative estimate of drug-likeness (QED) is 0.617. The fourth-order valence-electron chi connectivity index (χ4n) is 0.610. The van der Waals surface area contributed by atoms with Crippen molar-refractivity contribution in [3.8, 4) is 0 Å². The molecule has 0 atom stereocenters. The number of hydrazone groups is 1. The van der Waals surface area contributed by atoms with Crippen molar-refractivity contribution in [3.63, 3.8) is 0 Å². The highest BCUT2D eigenvalue weighted by Gasteiger charge is 1.91. The highest BCUT2D eigenvalue weighted by molar-refractivity contribution is 5.71. The van der Waals surface area contributed by atoms with Crippen LogP contribution in [0.15, 0.2) is 29.2 Å². The first kappa shape index (κ1) is 6.86. The van der Waals surface area contributed by atoms with E-state index in [0.717, 1.165) is 0 Å². The summed E-state index contributed by atoms with van der Waals surface area (Å²) in [5, 5.41) is 3.82. The molecule has 3 nitrogen and oxygen atoms in total. The molecule has 0 unspecified atom stereocenters. The molecule has 1 aliphatic rings. The summed E-state index contributed by atoms with van der Waals surface area (Å²) in [6, 6.07) is 0. The molecule has 0 aromatic heterocycles. The first-order valence-electron chi connectivity index (χ1n) is 3.22. The Balaban J connectivity index is 2.50. The second-order valence-corrected chi connectivity index (χ2v) is 1.74. The van der Waals surface area contributed by atoms with Crippen LogP contribution in [-0.2, 0) is 4.74 Å². The van der Waals surface area contributed by atoms with Crippen LogP contribution in [0.1, 0.15) is 6.92 Å². The normalized spacial score (nSPS) is 15.5. The van der Waals surface area contributed by atoms with Crippen LogP contribution < -0.4 is 5.43 Å². The maximum absolute atomic E-state index is 5.15. The predicted octanol–water partition coefficient (Wildman–Crippen LogP) is 1.01. The summed E-state index contributed by atoms with van der Waals surface area (Å²) in [7, 11) is 0.